The monoisotopic (exact) mass is 497 g/mol. The number of anilines is 1. The Balaban J connectivity index is 0.000000146. The van der Waals surface area contributed by atoms with E-state index in [2.05, 4.69) is 43.0 Å². The number of nitrogen functional groups attached to an aromatic ring is 1. The average Bonchev–Trinajstić information content (AvgIpc) is 3.67. The van der Waals surface area contributed by atoms with Crippen molar-refractivity contribution in [3.05, 3.63) is 127 Å². The molecule has 0 aliphatic heterocycles. The molecule has 0 fully saturated rings. The number of rotatable bonds is 4. The lowest BCUT2D eigenvalue weighted by molar-refractivity contribution is -0.114. The number of carbonyl (C=O) groups excluding carboxylic acids is 1. The number of aromatic nitrogens is 4. The van der Waals surface area contributed by atoms with Crippen molar-refractivity contribution in [3.8, 4) is 22.5 Å². The second-order valence-electron chi connectivity index (χ2n) is 9.42. The van der Waals surface area contributed by atoms with E-state index in [0.717, 1.165) is 52.3 Å². The summed E-state index contributed by atoms with van der Waals surface area (Å²) >= 11 is 0. The number of fused-ring (bicyclic) bond motifs is 2. The highest BCUT2D eigenvalue weighted by molar-refractivity contribution is 5.93. The van der Waals surface area contributed by atoms with Crippen LogP contribution in [0.25, 0.3) is 33.8 Å². The molecule has 0 bridgehead atoms. The summed E-state index contributed by atoms with van der Waals surface area (Å²) in [5.74, 6) is 0.257. The Labute approximate surface area is 220 Å². The van der Waals surface area contributed by atoms with Gasteiger partial charge in [-0.2, -0.15) is 0 Å². The number of benzene rings is 2. The van der Waals surface area contributed by atoms with Crippen LogP contribution >= 0.6 is 0 Å². The number of nitrogens with two attached hydrogens (primary N) is 1. The summed E-state index contributed by atoms with van der Waals surface area (Å²) in [4.78, 5) is 20.1. The molecule has 0 spiro atoms. The van der Waals surface area contributed by atoms with Gasteiger partial charge in [-0.25, -0.2) is 9.97 Å². The van der Waals surface area contributed by atoms with Crippen molar-refractivity contribution in [2.24, 2.45) is 0 Å². The zero-order chi connectivity index (χ0) is 25.9. The Hall–Kier alpha value is -4.97. The first-order valence-electron chi connectivity index (χ1n) is 12.7. The van der Waals surface area contributed by atoms with E-state index in [1.165, 1.54) is 11.1 Å². The molecular formula is C32H27N5O. The average molecular weight is 498 g/mol. The number of ketones is 1. The maximum absolute atomic E-state index is 11.4. The first-order chi connectivity index (χ1) is 18.6. The largest absolute Gasteiger partial charge is 0.399 e. The lowest BCUT2D eigenvalue weighted by atomic mass is 10.0. The molecular weight excluding hydrogens is 470 g/mol. The Morgan fingerprint density at radius 1 is 0.711 bits per heavy atom. The summed E-state index contributed by atoms with van der Waals surface area (Å²) in [5.41, 5.74) is 15.3. The van der Waals surface area contributed by atoms with Crippen LogP contribution in [-0.4, -0.2) is 24.6 Å². The van der Waals surface area contributed by atoms with E-state index in [0.29, 0.717) is 6.42 Å². The van der Waals surface area contributed by atoms with Crippen molar-refractivity contribution in [1.82, 2.24) is 18.8 Å². The molecule has 0 unspecified atom stereocenters. The molecule has 6 heteroatoms. The van der Waals surface area contributed by atoms with Crippen LogP contribution in [0.4, 0.5) is 5.69 Å². The normalized spacial score (nSPS) is 12.9. The number of nitrogens with zero attached hydrogens (tertiary/aromatic N) is 4. The van der Waals surface area contributed by atoms with Crippen molar-refractivity contribution in [3.63, 3.8) is 0 Å². The van der Waals surface area contributed by atoms with E-state index in [9.17, 15) is 4.79 Å². The van der Waals surface area contributed by atoms with Gasteiger partial charge in [0.05, 0.1) is 23.8 Å². The zero-order valence-corrected chi connectivity index (χ0v) is 20.9. The summed E-state index contributed by atoms with van der Waals surface area (Å²) in [6, 6.07) is 28.3. The lowest BCUT2D eigenvalue weighted by Gasteiger charge is -2.06. The summed E-state index contributed by atoms with van der Waals surface area (Å²) in [6.45, 7) is 0. The number of hydrogen-bond donors (Lipinski definition) is 1. The van der Waals surface area contributed by atoms with Gasteiger partial charge in [-0.05, 0) is 66.9 Å². The maximum atomic E-state index is 11.4. The first-order valence-corrected chi connectivity index (χ1v) is 12.7. The van der Waals surface area contributed by atoms with E-state index in [-0.39, 0.29) is 5.78 Å². The minimum absolute atomic E-state index is 0.257. The topological polar surface area (TPSA) is 77.7 Å². The highest BCUT2D eigenvalue weighted by atomic mass is 16.1. The van der Waals surface area contributed by atoms with Crippen LogP contribution < -0.4 is 5.73 Å². The van der Waals surface area contributed by atoms with E-state index in [1.54, 1.807) is 6.08 Å². The van der Waals surface area contributed by atoms with Crippen LogP contribution in [0.1, 0.15) is 18.4 Å². The van der Waals surface area contributed by atoms with Gasteiger partial charge < -0.3 is 5.73 Å². The van der Waals surface area contributed by atoms with Crippen LogP contribution in [-0.2, 0) is 11.2 Å². The van der Waals surface area contributed by atoms with Gasteiger partial charge >= 0.3 is 0 Å². The summed E-state index contributed by atoms with van der Waals surface area (Å²) in [6.07, 6.45) is 12.0. The maximum Gasteiger partial charge on any atom is 0.155 e. The third kappa shape index (κ3) is 4.84. The molecule has 38 heavy (non-hydrogen) atoms. The molecule has 0 saturated carbocycles. The minimum Gasteiger partial charge on any atom is -0.399 e. The first kappa shape index (κ1) is 23.4. The molecule has 7 rings (SSSR count). The molecule has 186 valence electrons. The van der Waals surface area contributed by atoms with Gasteiger partial charge in [0.1, 0.15) is 11.3 Å². The van der Waals surface area contributed by atoms with Gasteiger partial charge in [-0.15, -0.1) is 0 Å². The van der Waals surface area contributed by atoms with E-state index in [4.69, 9.17) is 5.73 Å². The third-order valence-corrected chi connectivity index (χ3v) is 6.73. The number of carbonyl (C=O) groups is 1. The van der Waals surface area contributed by atoms with E-state index >= 15 is 0 Å². The molecule has 6 aromatic rings. The van der Waals surface area contributed by atoms with Crippen molar-refractivity contribution >= 4 is 22.8 Å². The number of allylic oxidation sites excluding steroid dienone is 2. The fraction of sp³-hybridized carbons (Fsp3) is 0.0938. The second kappa shape index (κ2) is 10.2. The van der Waals surface area contributed by atoms with Crippen LogP contribution in [0.2, 0.25) is 0 Å². The number of pyridine rings is 2. The molecule has 1 aliphatic rings. The molecule has 1 aliphatic carbocycles. The van der Waals surface area contributed by atoms with Gasteiger partial charge in [-0.3, -0.25) is 13.6 Å². The molecule has 0 saturated heterocycles. The standard InChI is InChI=1S/C19H16N2O.C13H11N3/c22-17-8-7-15(12-17)10-14-4-3-5-16(11-14)18-13-20-19-6-1-2-9-21(18)19;14-11-5-3-4-10(8-11)12-9-15-13-6-1-2-7-16(12)13/h1-6,9,11-13H,7-8,10H2;1-9H,14H2. The fourth-order valence-electron chi connectivity index (χ4n) is 4.89. The molecule has 0 radical (unpaired) electrons. The minimum atomic E-state index is 0.257. The fourth-order valence-corrected chi connectivity index (χ4v) is 4.89. The number of imidazole rings is 2. The predicted molar refractivity (Wildman–Crippen MR) is 152 cm³/mol. The molecule has 2 N–H and O–H groups in total. The number of hydrogen-bond acceptors (Lipinski definition) is 4. The molecule has 4 heterocycles. The zero-order valence-electron chi connectivity index (χ0n) is 20.9. The van der Waals surface area contributed by atoms with Crippen LogP contribution in [0.15, 0.2) is 121 Å². The Bertz CT molecular complexity index is 1790. The quantitative estimate of drug-likeness (QED) is 0.285. The van der Waals surface area contributed by atoms with Crippen molar-refractivity contribution in [2.45, 2.75) is 19.3 Å². The summed E-state index contributed by atoms with van der Waals surface area (Å²) < 4.78 is 4.15. The van der Waals surface area contributed by atoms with Gasteiger partial charge in [0.2, 0.25) is 0 Å². The van der Waals surface area contributed by atoms with Crippen LogP contribution in [0.5, 0.6) is 0 Å². The molecule has 0 atom stereocenters. The van der Waals surface area contributed by atoms with Crippen LogP contribution in [0.3, 0.4) is 0 Å². The predicted octanol–water partition coefficient (Wildman–Crippen LogP) is 6.42. The molecule has 6 nitrogen and oxygen atoms in total. The van der Waals surface area contributed by atoms with Gasteiger partial charge in [0.15, 0.2) is 5.78 Å². The van der Waals surface area contributed by atoms with Crippen molar-refractivity contribution in [1.29, 1.82) is 0 Å². The third-order valence-electron chi connectivity index (χ3n) is 6.73. The molecule has 4 aromatic heterocycles. The van der Waals surface area contributed by atoms with Crippen molar-refractivity contribution < 1.29 is 4.79 Å². The summed E-state index contributed by atoms with van der Waals surface area (Å²) in [7, 11) is 0. The highest BCUT2D eigenvalue weighted by Crippen LogP contribution is 2.25. The second-order valence-corrected chi connectivity index (χ2v) is 9.42. The smallest absolute Gasteiger partial charge is 0.155 e. The van der Waals surface area contributed by atoms with Gasteiger partial charge in [0.25, 0.3) is 0 Å². The Morgan fingerprint density at radius 2 is 1.34 bits per heavy atom. The Kier molecular flexibility index (Phi) is 6.28. The lowest BCUT2D eigenvalue weighted by Crippen LogP contribution is -1.91. The van der Waals surface area contributed by atoms with E-state index < -0.39 is 0 Å². The SMILES string of the molecule is Nc1cccc(-c2cnc3ccccn23)c1.O=C1C=C(Cc2cccc(-c3cnc4ccccn34)c2)CC1. The highest BCUT2D eigenvalue weighted by Gasteiger charge is 2.13. The van der Waals surface area contributed by atoms with Crippen molar-refractivity contribution in [2.75, 3.05) is 5.73 Å². The van der Waals surface area contributed by atoms with Gasteiger partial charge in [-0.1, -0.05) is 48.0 Å². The Morgan fingerprint density at radius 3 is 1.95 bits per heavy atom. The van der Waals surface area contributed by atoms with Crippen LogP contribution in [0, 0.1) is 0 Å². The molecule has 0 amide bonds. The van der Waals surface area contributed by atoms with Gasteiger partial charge in [0, 0.05) is 35.6 Å². The molecule has 2 aromatic carbocycles. The summed E-state index contributed by atoms with van der Waals surface area (Å²) in [5, 5.41) is 0. The van der Waals surface area contributed by atoms with E-state index in [1.807, 2.05) is 85.5 Å².